The van der Waals surface area contributed by atoms with E-state index in [2.05, 4.69) is 66.1 Å². The van der Waals surface area contributed by atoms with Gasteiger partial charge in [0, 0.05) is 81.6 Å². The van der Waals surface area contributed by atoms with E-state index in [1.54, 1.807) is 0 Å². The van der Waals surface area contributed by atoms with E-state index in [9.17, 15) is 5.11 Å². The fourth-order valence-electron chi connectivity index (χ4n) is 6.41. The van der Waals surface area contributed by atoms with Gasteiger partial charge in [-0.3, -0.25) is 9.88 Å². The van der Waals surface area contributed by atoms with E-state index in [1.807, 2.05) is 28.7 Å². The molecule has 0 saturated carbocycles. The highest BCUT2D eigenvalue weighted by Gasteiger charge is 2.39. The molecule has 1 N–H and O–H groups in total. The summed E-state index contributed by atoms with van der Waals surface area (Å²) in [7, 11) is 0. The minimum absolute atomic E-state index is 0.268. The topological polar surface area (TPSA) is 87.8 Å². The summed E-state index contributed by atoms with van der Waals surface area (Å²) in [6.45, 7) is 15.4. The molecule has 6 rings (SSSR count). The predicted molar refractivity (Wildman–Crippen MR) is 158 cm³/mol. The molecule has 10 heteroatoms. The molecule has 0 aliphatic carbocycles. The molecule has 3 aliphatic rings. The lowest BCUT2D eigenvalue weighted by atomic mass is 9.84. The first-order chi connectivity index (χ1) is 19.8. The van der Waals surface area contributed by atoms with Gasteiger partial charge in [0.25, 0.3) is 0 Å². The van der Waals surface area contributed by atoms with E-state index in [-0.39, 0.29) is 5.60 Å². The van der Waals surface area contributed by atoms with E-state index >= 15 is 0 Å². The van der Waals surface area contributed by atoms with Crippen LogP contribution in [0.4, 0.5) is 5.69 Å². The molecule has 0 aromatic carbocycles. The third kappa shape index (κ3) is 5.74. The van der Waals surface area contributed by atoms with Crippen molar-refractivity contribution in [2.45, 2.75) is 64.2 Å². The van der Waals surface area contributed by atoms with Crippen molar-refractivity contribution in [2.24, 2.45) is 0 Å². The van der Waals surface area contributed by atoms with E-state index in [0.717, 1.165) is 67.0 Å². The molecule has 0 amide bonds. The fourth-order valence-corrected chi connectivity index (χ4v) is 6.41. The van der Waals surface area contributed by atoms with E-state index in [4.69, 9.17) is 19.2 Å². The number of aliphatic hydroxyl groups excluding tert-OH is 1. The van der Waals surface area contributed by atoms with Gasteiger partial charge in [0.15, 0.2) is 0 Å². The van der Waals surface area contributed by atoms with E-state index in [1.165, 1.54) is 0 Å². The van der Waals surface area contributed by atoms with Gasteiger partial charge in [0.2, 0.25) is 6.41 Å². The number of piperazine rings is 1. The molecule has 3 fully saturated rings. The minimum atomic E-state index is -0.915. The second-order valence-corrected chi connectivity index (χ2v) is 12.2. The Labute approximate surface area is 242 Å². The number of hydrogen-bond acceptors (Lipinski definition) is 9. The largest absolute Gasteiger partial charge is 0.375 e. The fraction of sp³-hybridized carbons (Fsp3) is 0.613. The van der Waals surface area contributed by atoms with Gasteiger partial charge in [-0.25, -0.2) is 4.52 Å². The number of anilines is 1. The number of piperidine rings is 1. The molecule has 1 unspecified atom stereocenters. The zero-order chi connectivity index (χ0) is 28.6. The van der Waals surface area contributed by atoms with Gasteiger partial charge in [-0.1, -0.05) is 6.07 Å². The molecule has 0 bridgehead atoms. The van der Waals surface area contributed by atoms with Crippen molar-refractivity contribution in [1.82, 2.24) is 24.4 Å². The van der Waals surface area contributed by atoms with Crippen molar-refractivity contribution in [3.8, 4) is 11.3 Å². The van der Waals surface area contributed by atoms with Crippen molar-refractivity contribution >= 4 is 11.2 Å². The summed E-state index contributed by atoms with van der Waals surface area (Å²) < 4.78 is 19.4. The van der Waals surface area contributed by atoms with Gasteiger partial charge in [-0.15, -0.1) is 0 Å². The van der Waals surface area contributed by atoms with Crippen LogP contribution in [-0.4, -0.2) is 107 Å². The van der Waals surface area contributed by atoms with Crippen LogP contribution in [0.3, 0.4) is 0 Å². The standard InChI is InChI=1S/C31H44N6O4/c1-5-40-31(9-12-34(13-10-31)23(2)3)25-6-7-26(32-19-25)24-18-28-27(8-11-33-37(28)20-24)35-14-16-36(17-15-35)29(38)41-30(4)21-39-22-30/h6-8,11,18-20,23,29,38H,5,9-10,12-17,21-22H2,1-4H3. The van der Waals surface area contributed by atoms with E-state index in [0.29, 0.717) is 39.0 Å². The van der Waals surface area contributed by atoms with E-state index < -0.39 is 12.0 Å². The Bertz CT molecular complexity index is 1310. The third-order valence-corrected chi connectivity index (χ3v) is 9.00. The quantitative estimate of drug-likeness (QED) is 0.393. The van der Waals surface area contributed by atoms with Gasteiger partial charge in [0.05, 0.1) is 35.7 Å². The molecule has 3 saturated heterocycles. The summed E-state index contributed by atoms with van der Waals surface area (Å²) in [6, 6.07) is 9.11. The van der Waals surface area contributed by atoms with Crippen molar-refractivity contribution in [2.75, 3.05) is 64.0 Å². The molecule has 10 nitrogen and oxygen atoms in total. The van der Waals surface area contributed by atoms with Crippen LogP contribution < -0.4 is 4.90 Å². The SMILES string of the molecule is CCOC1(c2ccc(-c3cc4c(N5CCN(C(O)OC6(C)COC6)CC5)ccnn4c3)nc2)CCN(C(C)C)CC1. The van der Waals surface area contributed by atoms with Crippen LogP contribution >= 0.6 is 0 Å². The second-order valence-electron chi connectivity index (χ2n) is 12.2. The number of likely N-dealkylation sites (tertiary alicyclic amines) is 1. The number of pyridine rings is 1. The summed E-state index contributed by atoms with van der Waals surface area (Å²) in [4.78, 5) is 11.8. The highest BCUT2D eigenvalue weighted by Crippen LogP contribution is 2.38. The number of fused-ring (bicyclic) bond motifs is 1. The number of aromatic nitrogens is 3. The Hall–Kier alpha value is -2.60. The van der Waals surface area contributed by atoms with Crippen molar-refractivity contribution in [3.63, 3.8) is 0 Å². The lowest BCUT2D eigenvalue weighted by Crippen LogP contribution is -2.57. The van der Waals surface area contributed by atoms with Crippen molar-refractivity contribution in [1.29, 1.82) is 0 Å². The number of nitrogens with zero attached hydrogens (tertiary/aromatic N) is 6. The molecular formula is C31H44N6O4. The first kappa shape index (κ1) is 28.5. The van der Waals surface area contributed by atoms with Crippen LogP contribution in [0.5, 0.6) is 0 Å². The molecule has 41 heavy (non-hydrogen) atoms. The summed E-state index contributed by atoms with van der Waals surface area (Å²) >= 11 is 0. The Morgan fingerprint density at radius 1 is 1.02 bits per heavy atom. The van der Waals surface area contributed by atoms with Gasteiger partial charge < -0.3 is 29.1 Å². The summed E-state index contributed by atoms with van der Waals surface area (Å²) in [5, 5.41) is 15.2. The molecule has 222 valence electrons. The van der Waals surface area contributed by atoms with Crippen molar-refractivity contribution in [3.05, 3.63) is 48.4 Å². The van der Waals surface area contributed by atoms with Gasteiger partial charge in [0.1, 0.15) is 5.60 Å². The van der Waals surface area contributed by atoms with Crippen LogP contribution in [0, 0.1) is 0 Å². The van der Waals surface area contributed by atoms with Crippen molar-refractivity contribution < 1.29 is 19.3 Å². The Morgan fingerprint density at radius 3 is 2.39 bits per heavy atom. The minimum Gasteiger partial charge on any atom is -0.375 e. The van der Waals surface area contributed by atoms with Gasteiger partial charge in [-0.2, -0.15) is 5.10 Å². The summed E-state index contributed by atoms with van der Waals surface area (Å²) in [5.41, 5.74) is 4.64. The molecule has 3 aliphatic heterocycles. The number of hydrogen-bond donors (Lipinski definition) is 1. The molecule has 3 aromatic rings. The Morgan fingerprint density at radius 2 is 1.78 bits per heavy atom. The van der Waals surface area contributed by atoms with Gasteiger partial charge in [-0.05, 0) is 58.7 Å². The number of rotatable bonds is 9. The highest BCUT2D eigenvalue weighted by atomic mass is 16.7. The number of ether oxygens (including phenoxy) is 3. The lowest BCUT2D eigenvalue weighted by Gasteiger charge is -2.43. The molecule has 6 heterocycles. The predicted octanol–water partition coefficient (Wildman–Crippen LogP) is 3.34. The number of aliphatic hydroxyl groups is 1. The Kier molecular flexibility index (Phi) is 8.06. The summed E-state index contributed by atoms with van der Waals surface area (Å²) in [6.07, 6.45) is 6.95. The first-order valence-corrected chi connectivity index (χ1v) is 15.0. The van der Waals surface area contributed by atoms with Crippen LogP contribution in [0.1, 0.15) is 46.1 Å². The average molecular weight is 565 g/mol. The van der Waals surface area contributed by atoms with Crippen LogP contribution in [0.2, 0.25) is 0 Å². The Balaban J connectivity index is 1.16. The lowest BCUT2D eigenvalue weighted by molar-refractivity contribution is -0.304. The smallest absolute Gasteiger partial charge is 0.216 e. The summed E-state index contributed by atoms with van der Waals surface area (Å²) in [5.74, 6) is 0. The third-order valence-electron chi connectivity index (χ3n) is 9.00. The van der Waals surface area contributed by atoms with Gasteiger partial charge >= 0.3 is 0 Å². The molecule has 1 atom stereocenters. The first-order valence-electron chi connectivity index (χ1n) is 15.0. The molecule has 0 radical (unpaired) electrons. The zero-order valence-corrected chi connectivity index (χ0v) is 24.8. The average Bonchev–Trinajstić information content (AvgIpc) is 3.42. The maximum absolute atomic E-state index is 10.6. The molecule has 3 aromatic heterocycles. The molecular weight excluding hydrogens is 520 g/mol. The molecule has 0 spiro atoms. The maximum Gasteiger partial charge on any atom is 0.216 e. The zero-order valence-electron chi connectivity index (χ0n) is 24.8. The van der Waals surface area contributed by atoms with Crippen LogP contribution in [0.25, 0.3) is 16.8 Å². The highest BCUT2D eigenvalue weighted by molar-refractivity contribution is 5.79. The monoisotopic (exact) mass is 564 g/mol. The van der Waals surface area contributed by atoms with Crippen LogP contribution in [-0.2, 0) is 19.8 Å². The maximum atomic E-state index is 10.6. The second kappa shape index (κ2) is 11.6. The van der Waals surface area contributed by atoms with Crippen LogP contribution in [0.15, 0.2) is 42.9 Å². The normalized spacial score (nSPS) is 22.2.